The van der Waals surface area contributed by atoms with Crippen molar-refractivity contribution in [2.75, 3.05) is 33.2 Å². The van der Waals surface area contributed by atoms with Crippen LogP contribution in [-0.2, 0) is 4.79 Å². The number of hydrogen-bond acceptors (Lipinski definition) is 4. The maximum Gasteiger partial charge on any atom is 0.242 e. The maximum absolute atomic E-state index is 12.1. The van der Waals surface area contributed by atoms with Crippen LogP contribution in [0, 0.1) is 5.92 Å². The quantitative estimate of drug-likeness (QED) is 0.739. The van der Waals surface area contributed by atoms with E-state index in [1.165, 1.54) is 0 Å². The Balaban J connectivity index is 1.72. The zero-order valence-corrected chi connectivity index (χ0v) is 12.1. The third-order valence-electron chi connectivity index (χ3n) is 4.32. The van der Waals surface area contributed by atoms with Crippen LogP contribution in [0.3, 0.4) is 0 Å². The number of hydrogen-bond donors (Lipinski definition) is 2. The molecule has 19 heavy (non-hydrogen) atoms. The summed E-state index contributed by atoms with van der Waals surface area (Å²) in [6, 6.07) is 0. The summed E-state index contributed by atoms with van der Waals surface area (Å²) in [5.41, 5.74) is 5.41. The van der Waals surface area contributed by atoms with Gasteiger partial charge < -0.3 is 20.6 Å². The lowest BCUT2D eigenvalue weighted by Gasteiger charge is -2.34. The van der Waals surface area contributed by atoms with Crippen molar-refractivity contribution in [3.8, 4) is 0 Å². The first kappa shape index (κ1) is 14.8. The van der Waals surface area contributed by atoms with E-state index in [0.717, 1.165) is 51.9 Å². The number of nitrogens with two attached hydrogens (primary N) is 1. The molecule has 1 amide bonds. The first-order chi connectivity index (χ1) is 8.90. The number of likely N-dealkylation sites (tertiary alicyclic amines) is 1. The molecule has 0 aromatic rings. The standard InChI is InChI=1S/C14H27N3O2/c1-11(18)9-17-7-3-12(4-8-17)10-16(2)13(19)14(15)5-6-14/h11-12,18H,3-10,15H2,1-2H3. The minimum Gasteiger partial charge on any atom is -0.392 e. The van der Waals surface area contributed by atoms with Crippen molar-refractivity contribution in [2.24, 2.45) is 11.7 Å². The van der Waals surface area contributed by atoms with Crippen molar-refractivity contribution in [3.05, 3.63) is 0 Å². The number of aliphatic hydroxyl groups excluding tert-OH is 1. The fourth-order valence-electron chi connectivity index (χ4n) is 2.92. The molecule has 2 fully saturated rings. The zero-order chi connectivity index (χ0) is 14.0. The first-order valence-electron chi connectivity index (χ1n) is 7.35. The molecule has 2 aliphatic rings. The summed E-state index contributed by atoms with van der Waals surface area (Å²) in [6.07, 6.45) is 3.61. The summed E-state index contributed by atoms with van der Waals surface area (Å²) in [5, 5.41) is 9.38. The Morgan fingerprint density at radius 3 is 2.53 bits per heavy atom. The minimum absolute atomic E-state index is 0.110. The van der Waals surface area contributed by atoms with Crippen LogP contribution < -0.4 is 5.73 Å². The highest BCUT2D eigenvalue weighted by atomic mass is 16.3. The Bertz CT molecular complexity index is 321. The van der Waals surface area contributed by atoms with Crippen LogP contribution in [0.1, 0.15) is 32.6 Å². The van der Waals surface area contributed by atoms with Gasteiger partial charge in [0.05, 0.1) is 11.6 Å². The van der Waals surface area contributed by atoms with Gasteiger partial charge in [-0.1, -0.05) is 0 Å². The van der Waals surface area contributed by atoms with Gasteiger partial charge in [-0.3, -0.25) is 4.79 Å². The molecular formula is C14H27N3O2. The van der Waals surface area contributed by atoms with Crippen LogP contribution in [0.25, 0.3) is 0 Å². The summed E-state index contributed by atoms with van der Waals surface area (Å²) < 4.78 is 0. The molecule has 5 nitrogen and oxygen atoms in total. The second kappa shape index (κ2) is 5.77. The van der Waals surface area contributed by atoms with E-state index in [1.807, 2.05) is 18.9 Å². The third kappa shape index (κ3) is 3.91. The predicted molar refractivity (Wildman–Crippen MR) is 74.6 cm³/mol. The topological polar surface area (TPSA) is 69.8 Å². The van der Waals surface area contributed by atoms with Crippen molar-refractivity contribution in [1.82, 2.24) is 9.80 Å². The number of nitrogens with zero attached hydrogens (tertiary/aromatic N) is 2. The van der Waals surface area contributed by atoms with E-state index < -0.39 is 5.54 Å². The Morgan fingerprint density at radius 2 is 2.05 bits per heavy atom. The highest BCUT2D eigenvalue weighted by Crippen LogP contribution is 2.34. The van der Waals surface area contributed by atoms with Crippen LogP contribution in [0.2, 0.25) is 0 Å². The fourth-order valence-corrected chi connectivity index (χ4v) is 2.92. The van der Waals surface area contributed by atoms with Gasteiger partial charge in [-0.15, -0.1) is 0 Å². The molecule has 0 radical (unpaired) electrons. The van der Waals surface area contributed by atoms with Gasteiger partial charge in [-0.2, -0.15) is 0 Å². The lowest BCUT2D eigenvalue weighted by Crippen LogP contribution is -2.47. The monoisotopic (exact) mass is 269 g/mol. The largest absolute Gasteiger partial charge is 0.392 e. The molecule has 1 saturated carbocycles. The number of aliphatic hydroxyl groups is 1. The SMILES string of the molecule is CC(O)CN1CCC(CN(C)C(=O)C2(N)CC2)CC1. The molecule has 0 spiro atoms. The Kier molecular flexibility index (Phi) is 4.48. The summed E-state index contributed by atoms with van der Waals surface area (Å²) in [6.45, 7) is 5.44. The molecule has 5 heteroatoms. The molecule has 1 aliphatic carbocycles. The molecule has 2 rings (SSSR count). The number of piperidine rings is 1. The number of rotatable bonds is 5. The van der Waals surface area contributed by atoms with Gasteiger partial charge in [0.2, 0.25) is 5.91 Å². The van der Waals surface area contributed by atoms with Crippen LogP contribution in [0.15, 0.2) is 0 Å². The Hall–Kier alpha value is -0.650. The van der Waals surface area contributed by atoms with Gasteiger partial charge in [0.25, 0.3) is 0 Å². The fraction of sp³-hybridized carbons (Fsp3) is 0.929. The molecule has 0 aromatic heterocycles. The lowest BCUT2D eigenvalue weighted by molar-refractivity contribution is -0.133. The molecule has 1 aliphatic heterocycles. The van der Waals surface area contributed by atoms with Crippen molar-refractivity contribution in [3.63, 3.8) is 0 Å². The summed E-state index contributed by atoms with van der Waals surface area (Å²) >= 11 is 0. The van der Waals surface area contributed by atoms with E-state index in [4.69, 9.17) is 5.73 Å². The van der Waals surface area contributed by atoms with Crippen molar-refractivity contribution in [1.29, 1.82) is 0 Å². The highest BCUT2D eigenvalue weighted by Gasteiger charge is 2.47. The highest BCUT2D eigenvalue weighted by molar-refractivity contribution is 5.88. The predicted octanol–water partition coefficient (Wildman–Crippen LogP) is 0.0289. The van der Waals surface area contributed by atoms with E-state index >= 15 is 0 Å². The molecule has 1 saturated heterocycles. The van der Waals surface area contributed by atoms with Crippen LogP contribution in [0.4, 0.5) is 0 Å². The second-order valence-corrected chi connectivity index (χ2v) is 6.43. The van der Waals surface area contributed by atoms with Crippen molar-refractivity contribution >= 4 is 5.91 Å². The van der Waals surface area contributed by atoms with Gasteiger partial charge in [0, 0.05) is 20.1 Å². The van der Waals surface area contributed by atoms with Crippen LogP contribution >= 0.6 is 0 Å². The smallest absolute Gasteiger partial charge is 0.242 e. The van der Waals surface area contributed by atoms with Gasteiger partial charge >= 0.3 is 0 Å². The van der Waals surface area contributed by atoms with E-state index in [1.54, 1.807) is 0 Å². The van der Waals surface area contributed by atoms with Crippen LogP contribution in [-0.4, -0.2) is 65.7 Å². The van der Waals surface area contributed by atoms with E-state index in [0.29, 0.717) is 5.92 Å². The van der Waals surface area contributed by atoms with E-state index in [2.05, 4.69) is 4.90 Å². The van der Waals surface area contributed by atoms with Gasteiger partial charge in [-0.25, -0.2) is 0 Å². The van der Waals surface area contributed by atoms with Crippen molar-refractivity contribution < 1.29 is 9.90 Å². The van der Waals surface area contributed by atoms with Gasteiger partial charge in [0.15, 0.2) is 0 Å². The van der Waals surface area contributed by atoms with Crippen LogP contribution in [0.5, 0.6) is 0 Å². The lowest BCUT2D eigenvalue weighted by atomic mass is 9.96. The normalized spacial score (nSPS) is 25.1. The van der Waals surface area contributed by atoms with Gasteiger partial charge in [0.1, 0.15) is 0 Å². The Labute approximate surface area is 115 Å². The van der Waals surface area contributed by atoms with Crippen molar-refractivity contribution in [2.45, 2.75) is 44.2 Å². The molecular weight excluding hydrogens is 242 g/mol. The minimum atomic E-state index is -0.540. The molecule has 110 valence electrons. The Morgan fingerprint density at radius 1 is 1.47 bits per heavy atom. The summed E-state index contributed by atoms with van der Waals surface area (Å²) in [5.74, 6) is 0.681. The number of carbonyl (C=O) groups is 1. The molecule has 0 aromatic carbocycles. The second-order valence-electron chi connectivity index (χ2n) is 6.43. The number of β-amino-alcohol motifs (C(OH)–C–C–N with tert-alkyl or cyclic N) is 1. The third-order valence-corrected chi connectivity index (χ3v) is 4.32. The average Bonchev–Trinajstić information content (AvgIpc) is 3.09. The maximum atomic E-state index is 12.1. The zero-order valence-electron chi connectivity index (χ0n) is 12.1. The molecule has 0 bridgehead atoms. The number of carbonyl (C=O) groups excluding carboxylic acids is 1. The molecule has 3 N–H and O–H groups in total. The molecule has 1 unspecified atom stereocenters. The van der Waals surface area contributed by atoms with E-state index in [9.17, 15) is 9.90 Å². The molecule has 1 atom stereocenters. The summed E-state index contributed by atoms with van der Waals surface area (Å²) in [7, 11) is 1.87. The van der Waals surface area contributed by atoms with Gasteiger partial charge in [-0.05, 0) is 51.6 Å². The van der Waals surface area contributed by atoms with E-state index in [-0.39, 0.29) is 12.0 Å². The molecule has 1 heterocycles. The summed E-state index contributed by atoms with van der Waals surface area (Å²) in [4.78, 5) is 16.2. The first-order valence-corrected chi connectivity index (χ1v) is 7.35. The number of amides is 1. The number of likely N-dealkylation sites (N-methyl/N-ethyl adjacent to an activating group) is 1. The average molecular weight is 269 g/mol.